The van der Waals surface area contributed by atoms with Gasteiger partial charge >= 0.3 is 0 Å². The molecule has 4 rings (SSSR count). The molecule has 0 radical (unpaired) electrons. The molecule has 0 saturated carbocycles. The predicted octanol–water partition coefficient (Wildman–Crippen LogP) is 4.70. The highest BCUT2D eigenvalue weighted by Gasteiger charge is 2.30. The van der Waals surface area contributed by atoms with Gasteiger partial charge in [0.05, 0.1) is 24.2 Å². The Kier molecular flexibility index (Phi) is 6.40. The number of ether oxygens (including phenoxy) is 2. The quantitative estimate of drug-likeness (QED) is 0.686. The van der Waals surface area contributed by atoms with Crippen molar-refractivity contribution < 1.29 is 14.3 Å². The van der Waals surface area contributed by atoms with Crippen LogP contribution >= 0.6 is 23.1 Å². The van der Waals surface area contributed by atoms with Crippen molar-refractivity contribution in [3.63, 3.8) is 0 Å². The van der Waals surface area contributed by atoms with Crippen molar-refractivity contribution in [1.29, 1.82) is 0 Å². The summed E-state index contributed by atoms with van der Waals surface area (Å²) in [5, 5.41) is 2.08. The zero-order chi connectivity index (χ0) is 19.3. The van der Waals surface area contributed by atoms with Crippen molar-refractivity contribution in [2.45, 2.75) is 32.4 Å². The number of thiophene rings is 1. The maximum Gasteiger partial charge on any atom is 0.290 e. The van der Waals surface area contributed by atoms with Gasteiger partial charge in [-0.2, -0.15) is 0 Å². The van der Waals surface area contributed by atoms with E-state index in [2.05, 4.69) is 18.4 Å². The van der Waals surface area contributed by atoms with Crippen LogP contribution in [0.25, 0.3) is 4.91 Å². The van der Waals surface area contributed by atoms with Crippen LogP contribution in [0.3, 0.4) is 0 Å². The number of benzene rings is 1. The van der Waals surface area contributed by atoms with Gasteiger partial charge in [0.1, 0.15) is 0 Å². The number of nitrogens with zero attached hydrogens (tertiary/aromatic N) is 1. The summed E-state index contributed by atoms with van der Waals surface area (Å²) >= 11 is 3.40. The van der Waals surface area contributed by atoms with Gasteiger partial charge < -0.3 is 14.4 Å². The molecule has 2 aliphatic rings. The maximum atomic E-state index is 13.6. The summed E-state index contributed by atoms with van der Waals surface area (Å²) in [5.74, 6) is 1.31. The van der Waals surface area contributed by atoms with E-state index < -0.39 is 0 Å². The second-order valence-electron chi connectivity index (χ2n) is 7.07. The van der Waals surface area contributed by atoms with Crippen molar-refractivity contribution in [3.8, 4) is 0 Å². The highest BCUT2D eigenvalue weighted by molar-refractivity contribution is 8.08. The van der Waals surface area contributed by atoms with Crippen LogP contribution in [0.4, 0.5) is 0 Å². The molecule has 1 aromatic heterocycles. The maximum absolute atomic E-state index is 13.6. The fourth-order valence-corrected chi connectivity index (χ4v) is 5.39. The first kappa shape index (κ1) is 19.6. The predicted molar refractivity (Wildman–Crippen MR) is 115 cm³/mol. The summed E-state index contributed by atoms with van der Waals surface area (Å²) < 4.78 is 11.8. The Balaban J connectivity index is 1.64. The van der Waals surface area contributed by atoms with E-state index in [9.17, 15) is 4.79 Å². The number of hydrogen-bond donors (Lipinski definition) is 0. The highest BCUT2D eigenvalue weighted by Crippen LogP contribution is 2.36. The van der Waals surface area contributed by atoms with Crippen LogP contribution in [0.2, 0.25) is 0 Å². The highest BCUT2D eigenvalue weighted by atomic mass is 32.2. The van der Waals surface area contributed by atoms with Gasteiger partial charge in [0, 0.05) is 23.8 Å². The molecule has 1 saturated heterocycles. The van der Waals surface area contributed by atoms with E-state index in [-0.39, 0.29) is 12.0 Å². The van der Waals surface area contributed by atoms with Crippen LogP contribution in [0.15, 0.2) is 47.5 Å². The zero-order valence-electron chi connectivity index (χ0n) is 16.1. The molecule has 3 heterocycles. The molecule has 0 aliphatic carbocycles. The van der Waals surface area contributed by atoms with E-state index >= 15 is 0 Å². The van der Waals surface area contributed by atoms with Crippen LogP contribution in [-0.2, 0) is 20.8 Å². The number of thioether (sulfide) groups is 1. The van der Waals surface area contributed by atoms with E-state index in [1.165, 1.54) is 10.4 Å². The summed E-state index contributed by atoms with van der Waals surface area (Å²) in [5.41, 5.74) is 2.27. The molecule has 4 nitrogen and oxygen atoms in total. The molecule has 0 spiro atoms. The third-order valence-corrected chi connectivity index (χ3v) is 7.14. The fraction of sp³-hybridized carbons (Fsp3) is 0.409. The minimum absolute atomic E-state index is 0.0330. The zero-order valence-corrected chi connectivity index (χ0v) is 17.7. The van der Waals surface area contributed by atoms with Gasteiger partial charge in [-0.25, -0.2) is 0 Å². The lowest BCUT2D eigenvalue weighted by molar-refractivity contribution is -0.132. The van der Waals surface area contributed by atoms with Gasteiger partial charge in [0.2, 0.25) is 0 Å². The summed E-state index contributed by atoms with van der Waals surface area (Å²) in [7, 11) is 0. The smallest absolute Gasteiger partial charge is 0.290 e. The number of amides is 1. The molecule has 2 aromatic rings. The van der Waals surface area contributed by atoms with Crippen LogP contribution in [0.1, 0.15) is 28.8 Å². The van der Waals surface area contributed by atoms with Crippen molar-refractivity contribution in [2.24, 2.45) is 0 Å². The summed E-state index contributed by atoms with van der Waals surface area (Å²) in [4.78, 5) is 17.7. The third kappa shape index (κ3) is 4.45. The third-order valence-electron chi connectivity index (χ3n) is 5.05. The van der Waals surface area contributed by atoms with Gasteiger partial charge in [-0.15, -0.1) is 23.1 Å². The molecule has 0 N–H and O–H groups in total. The Hall–Kier alpha value is -1.76. The lowest BCUT2D eigenvalue weighted by Crippen LogP contribution is -2.39. The lowest BCUT2D eigenvalue weighted by atomic mass is 10.1. The van der Waals surface area contributed by atoms with Gasteiger partial charge in [0.25, 0.3) is 5.91 Å². The van der Waals surface area contributed by atoms with Crippen LogP contribution in [0.5, 0.6) is 0 Å². The van der Waals surface area contributed by atoms with Gasteiger partial charge in [-0.1, -0.05) is 30.3 Å². The number of aryl methyl sites for hydroxylation is 1. The van der Waals surface area contributed by atoms with Gasteiger partial charge in [-0.05, 0) is 42.3 Å². The average Bonchev–Trinajstić information content (AvgIpc) is 3.40. The van der Waals surface area contributed by atoms with Gasteiger partial charge in [-0.3, -0.25) is 4.79 Å². The van der Waals surface area contributed by atoms with E-state index in [1.54, 1.807) is 23.1 Å². The summed E-state index contributed by atoms with van der Waals surface area (Å²) in [6.45, 7) is 4.66. The molecule has 6 heteroatoms. The molecule has 0 bridgehead atoms. The molecule has 0 unspecified atom stereocenters. The van der Waals surface area contributed by atoms with Crippen molar-refractivity contribution in [2.75, 3.05) is 25.5 Å². The van der Waals surface area contributed by atoms with Crippen LogP contribution in [-0.4, -0.2) is 42.4 Å². The first-order chi connectivity index (χ1) is 13.7. The largest absolute Gasteiger partial charge is 0.486 e. The normalized spacial score (nSPS) is 19.5. The van der Waals surface area contributed by atoms with E-state index in [1.807, 2.05) is 35.2 Å². The molecule has 1 aromatic carbocycles. The lowest BCUT2D eigenvalue weighted by Gasteiger charge is -2.29. The number of carbonyl (C=O) groups excluding carboxylic acids is 1. The Bertz CT molecular complexity index is 840. The molecule has 2 aliphatic heterocycles. The summed E-state index contributed by atoms with van der Waals surface area (Å²) in [6, 6.07) is 12.2. The Morgan fingerprint density at radius 2 is 2.07 bits per heavy atom. The van der Waals surface area contributed by atoms with E-state index in [4.69, 9.17) is 9.47 Å². The SMILES string of the molecule is Cc1ccsc1CN(C[C@H]1CCCO1)C(=O)C1=C(c2ccccc2)SCCO1. The number of rotatable bonds is 6. The molecular weight excluding hydrogens is 390 g/mol. The molecule has 28 heavy (non-hydrogen) atoms. The minimum atomic E-state index is -0.0330. The molecular formula is C22H25NO3S2. The topological polar surface area (TPSA) is 38.8 Å². The van der Waals surface area contributed by atoms with Gasteiger partial charge in [0.15, 0.2) is 5.76 Å². The first-order valence-corrected chi connectivity index (χ1v) is 11.6. The number of carbonyl (C=O) groups is 1. The minimum Gasteiger partial charge on any atom is -0.486 e. The van der Waals surface area contributed by atoms with Crippen LogP contribution in [0, 0.1) is 6.92 Å². The van der Waals surface area contributed by atoms with Crippen molar-refractivity contribution in [1.82, 2.24) is 4.90 Å². The van der Waals surface area contributed by atoms with Crippen molar-refractivity contribution in [3.05, 3.63) is 63.5 Å². The molecule has 1 atom stereocenters. The Labute approximate surface area is 174 Å². The van der Waals surface area contributed by atoms with Crippen molar-refractivity contribution >= 4 is 33.9 Å². The molecule has 148 valence electrons. The monoisotopic (exact) mass is 415 g/mol. The Morgan fingerprint density at radius 1 is 1.21 bits per heavy atom. The Morgan fingerprint density at radius 3 is 2.79 bits per heavy atom. The summed E-state index contributed by atoms with van der Waals surface area (Å²) in [6.07, 6.45) is 2.18. The standard InChI is InChI=1S/C22H25NO3S2/c1-16-9-12-27-19(16)15-23(14-18-8-5-10-25-18)22(24)20-21(28-13-11-26-20)17-6-3-2-4-7-17/h2-4,6-7,9,12,18H,5,8,10-11,13-15H2,1H3/t18-/m1/s1. The second-order valence-corrected chi connectivity index (χ2v) is 9.17. The second kappa shape index (κ2) is 9.16. The average molecular weight is 416 g/mol. The first-order valence-electron chi connectivity index (χ1n) is 9.71. The fourth-order valence-electron chi connectivity index (χ4n) is 3.52. The van der Waals surface area contributed by atoms with E-state index in [0.29, 0.717) is 25.5 Å². The van der Waals surface area contributed by atoms with Crippen LogP contribution < -0.4 is 0 Å². The number of hydrogen-bond acceptors (Lipinski definition) is 5. The van der Waals surface area contributed by atoms with E-state index in [0.717, 1.165) is 35.7 Å². The molecule has 1 amide bonds. The molecule has 1 fully saturated rings.